The molecule has 2 unspecified atom stereocenters. The van der Waals surface area contributed by atoms with E-state index in [0.717, 1.165) is 22.8 Å². The van der Waals surface area contributed by atoms with Gasteiger partial charge < -0.3 is 10.4 Å². The van der Waals surface area contributed by atoms with Gasteiger partial charge in [0.15, 0.2) is 0 Å². The molecule has 0 bridgehead atoms. The molecule has 1 aromatic rings. The summed E-state index contributed by atoms with van der Waals surface area (Å²) in [6.07, 6.45) is 3.08. The van der Waals surface area contributed by atoms with E-state index in [0.29, 0.717) is 17.0 Å². The zero-order valence-electron chi connectivity index (χ0n) is 11.7. The number of nitrogens with one attached hydrogen (secondary N) is 1. The standard InChI is InChI=1S/C15H17ClINO3/c1-9-4-2-3-7-15(9,14(20)21)18-13(19)11-8-10(16)5-6-12(11)17/h5-6,8-9H,2-4,7H2,1H3,(H,18,19)(H,20,21). The molecule has 0 heterocycles. The average molecular weight is 422 g/mol. The van der Waals surface area contributed by atoms with Gasteiger partial charge in [0.05, 0.1) is 5.56 Å². The van der Waals surface area contributed by atoms with Gasteiger partial charge in [0, 0.05) is 8.59 Å². The molecule has 2 rings (SSSR count). The lowest BCUT2D eigenvalue weighted by molar-refractivity contribution is -0.148. The van der Waals surface area contributed by atoms with Crippen molar-refractivity contribution in [2.24, 2.45) is 5.92 Å². The van der Waals surface area contributed by atoms with Crippen molar-refractivity contribution in [1.29, 1.82) is 0 Å². The predicted octanol–water partition coefficient (Wildman–Crippen LogP) is 3.71. The van der Waals surface area contributed by atoms with Gasteiger partial charge in [-0.3, -0.25) is 4.79 Å². The minimum Gasteiger partial charge on any atom is -0.479 e. The van der Waals surface area contributed by atoms with Gasteiger partial charge in [-0.1, -0.05) is 31.4 Å². The molecule has 1 fully saturated rings. The molecule has 1 amide bonds. The zero-order valence-corrected chi connectivity index (χ0v) is 14.6. The fraction of sp³-hybridized carbons (Fsp3) is 0.467. The molecule has 0 saturated heterocycles. The topological polar surface area (TPSA) is 66.4 Å². The highest BCUT2D eigenvalue weighted by Gasteiger charge is 2.46. The van der Waals surface area contributed by atoms with Crippen LogP contribution in [0.25, 0.3) is 0 Å². The molecule has 1 aliphatic rings. The third-order valence-electron chi connectivity index (χ3n) is 4.19. The van der Waals surface area contributed by atoms with Crippen molar-refractivity contribution >= 4 is 46.1 Å². The highest BCUT2D eigenvalue weighted by atomic mass is 127. The highest BCUT2D eigenvalue weighted by Crippen LogP contribution is 2.34. The number of amides is 1. The van der Waals surface area contributed by atoms with Crippen LogP contribution in [0.4, 0.5) is 0 Å². The SMILES string of the molecule is CC1CCCCC1(NC(=O)c1cc(Cl)ccc1I)C(=O)O. The van der Waals surface area contributed by atoms with E-state index in [9.17, 15) is 14.7 Å². The number of carbonyl (C=O) groups excluding carboxylic acids is 1. The normalized spacial score (nSPS) is 25.4. The Hall–Kier alpha value is -0.820. The second-order valence-corrected chi connectivity index (χ2v) is 7.10. The molecule has 1 aromatic carbocycles. The molecule has 2 N–H and O–H groups in total. The van der Waals surface area contributed by atoms with E-state index in [1.54, 1.807) is 18.2 Å². The van der Waals surface area contributed by atoms with Crippen LogP contribution in [0.3, 0.4) is 0 Å². The Labute approximate surface area is 142 Å². The summed E-state index contributed by atoms with van der Waals surface area (Å²) in [5.41, 5.74) is -0.762. The van der Waals surface area contributed by atoms with Gasteiger partial charge in [-0.25, -0.2) is 4.79 Å². The minimum atomic E-state index is -1.18. The van der Waals surface area contributed by atoms with Crippen LogP contribution in [0.2, 0.25) is 5.02 Å². The number of hydrogen-bond donors (Lipinski definition) is 2. The van der Waals surface area contributed by atoms with E-state index in [1.165, 1.54) is 0 Å². The van der Waals surface area contributed by atoms with Crippen LogP contribution in [0.1, 0.15) is 43.0 Å². The Morgan fingerprint density at radius 2 is 2.14 bits per heavy atom. The van der Waals surface area contributed by atoms with E-state index >= 15 is 0 Å². The summed E-state index contributed by atoms with van der Waals surface area (Å²) in [6.45, 7) is 1.89. The lowest BCUT2D eigenvalue weighted by atomic mass is 9.73. The van der Waals surface area contributed by atoms with Gasteiger partial charge in [-0.15, -0.1) is 0 Å². The van der Waals surface area contributed by atoms with Gasteiger partial charge in [0.1, 0.15) is 5.54 Å². The maximum Gasteiger partial charge on any atom is 0.329 e. The molecule has 4 nitrogen and oxygen atoms in total. The van der Waals surface area contributed by atoms with Crippen LogP contribution < -0.4 is 5.32 Å². The lowest BCUT2D eigenvalue weighted by Crippen LogP contribution is -2.60. The molecular formula is C15H17ClINO3. The summed E-state index contributed by atoms with van der Waals surface area (Å²) in [7, 11) is 0. The van der Waals surface area contributed by atoms with Crippen molar-refractivity contribution in [3.05, 3.63) is 32.4 Å². The molecule has 114 valence electrons. The number of benzene rings is 1. The van der Waals surface area contributed by atoms with Crippen LogP contribution in [-0.2, 0) is 4.79 Å². The Balaban J connectivity index is 2.31. The van der Waals surface area contributed by atoms with E-state index < -0.39 is 11.5 Å². The monoisotopic (exact) mass is 421 g/mol. The van der Waals surface area contributed by atoms with Gasteiger partial charge in [-0.05, 0) is 59.5 Å². The van der Waals surface area contributed by atoms with Crippen LogP contribution in [0.15, 0.2) is 18.2 Å². The Bertz CT molecular complexity index is 578. The molecule has 0 aromatic heterocycles. The number of aliphatic carboxylic acids is 1. The Kier molecular flexibility index (Phi) is 5.14. The summed E-state index contributed by atoms with van der Waals surface area (Å²) in [5.74, 6) is -1.43. The molecule has 0 radical (unpaired) electrons. The largest absolute Gasteiger partial charge is 0.479 e. The second-order valence-electron chi connectivity index (χ2n) is 5.50. The fourth-order valence-electron chi connectivity index (χ4n) is 2.85. The summed E-state index contributed by atoms with van der Waals surface area (Å²) < 4.78 is 0.749. The smallest absolute Gasteiger partial charge is 0.329 e. The fourth-order valence-corrected chi connectivity index (χ4v) is 3.60. The molecule has 21 heavy (non-hydrogen) atoms. The van der Waals surface area contributed by atoms with Crippen molar-refractivity contribution in [3.8, 4) is 0 Å². The summed E-state index contributed by atoms with van der Waals surface area (Å²) in [4.78, 5) is 24.3. The lowest BCUT2D eigenvalue weighted by Gasteiger charge is -2.39. The van der Waals surface area contributed by atoms with Crippen molar-refractivity contribution in [1.82, 2.24) is 5.32 Å². The zero-order chi connectivity index (χ0) is 15.6. The van der Waals surface area contributed by atoms with Crippen LogP contribution in [0, 0.1) is 9.49 Å². The first kappa shape index (κ1) is 16.5. The molecule has 6 heteroatoms. The third kappa shape index (κ3) is 3.34. The van der Waals surface area contributed by atoms with E-state index in [4.69, 9.17) is 11.6 Å². The quantitative estimate of drug-likeness (QED) is 0.731. The third-order valence-corrected chi connectivity index (χ3v) is 5.37. The van der Waals surface area contributed by atoms with E-state index in [1.807, 2.05) is 29.5 Å². The number of rotatable bonds is 3. The first-order valence-electron chi connectivity index (χ1n) is 6.88. The Morgan fingerprint density at radius 1 is 1.43 bits per heavy atom. The highest BCUT2D eigenvalue weighted by molar-refractivity contribution is 14.1. The minimum absolute atomic E-state index is 0.0930. The number of carboxylic acid groups (broad SMARTS) is 1. The summed E-state index contributed by atoms with van der Waals surface area (Å²) >= 11 is 7.98. The first-order chi connectivity index (χ1) is 9.86. The molecule has 1 aliphatic carbocycles. The number of carbonyl (C=O) groups is 2. The van der Waals surface area contributed by atoms with Crippen molar-refractivity contribution in [2.75, 3.05) is 0 Å². The second kappa shape index (κ2) is 6.52. The first-order valence-corrected chi connectivity index (χ1v) is 8.33. The molecule has 0 spiro atoms. The maximum absolute atomic E-state index is 12.5. The van der Waals surface area contributed by atoms with Crippen molar-refractivity contribution in [2.45, 2.75) is 38.1 Å². The van der Waals surface area contributed by atoms with Gasteiger partial charge >= 0.3 is 5.97 Å². The molecular weight excluding hydrogens is 405 g/mol. The van der Waals surface area contributed by atoms with E-state index in [2.05, 4.69) is 5.32 Å². The number of carboxylic acids is 1. The van der Waals surface area contributed by atoms with E-state index in [-0.39, 0.29) is 11.8 Å². The Morgan fingerprint density at radius 3 is 2.76 bits per heavy atom. The van der Waals surface area contributed by atoms with Gasteiger partial charge in [0.2, 0.25) is 0 Å². The number of hydrogen-bond acceptors (Lipinski definition) is 2. The predicted molar refractivity (Wildman–Crippen MR) is 89.6 cm³/mol. The maximum atomic E-state index is 12.5. The summed E-state index contributed by atoms with van der Waals surface area (Å²) in [5, 5.41) is 12.9. The van der Waals surface area contributed by atoms with Crippen molar-refractivity contribution in [3.63, 3.8) is 0 Å². The number of halogens is 2. The van der Waals surface area contributed by atoms with Gasteiger partial charge in [0.25, 0.3) is 5.91 Å². The molecule has 1 saturated carbocycles. The van der Waals surface area contributed by atoms with Crippen molar-refractivity contribution < 1.29 is 14.7 Å². The summed E-state index contributed by atoms with van der Waals surface area (Å²) in [6, 6.07) is 5.02. The van der Waals surface area contributed by atoms with Crippen LogP contribution >= 0.6 is 34.2 Å². The molecule has 2 atom stereocenters. The van der Waals surface area contributed by atoms with Gasteiger partial charge in [-0.2, -0.15) is 0 Å². The molecule has 0 aliphatic heterocycles. The van der Waals surface area contributed by atoms with Crippen LogP contribution in [0.5, 0.6) is 0 Å². The average Bonchev–Trinajstić information content (AvgIpc) is 2.43. The van der Waals surface area contributed by atoms with Crippen LogP contribution in [-0.4, -0.2) is 22.5 Å².